The molecule has 0 heterocycles. The molecule has 7 nitrogen and oxygen atoms in total. The maximum absolute atomic E-state index is 10.8. The van der Waals surface area contributed by atoms with Crippen LogP contribution in [0.1, 0.15) is 19.3 Å². The van der Waals surface area contributed by atoms with Gasteiger partial charge < -0.3 is 9.32 Å². The van der Waals surface area contributed by atoms with Crippen LogP contribution in [0.15, 0.2) is 0 Å². The second kappa shape index (κ2) is 5.64. The molecule has 80 valence electrons. The van der Waals surface area contributed by atoms with Gasteiger partial charge in [0.2, 0.25) is 5.78 Å². The topological polar surface area (TPSA) is 118 Å². The Hall–Kier alpha value is -1.04. The van der Waals surface area contributed by atoms with Crippen molar-refractivity contribution in [3.63, 3.8) is 0 Å². The molecule has 0 aliphatic rings. The normalized spacial score (nSPS) is 10.7. The summed E-state index contributed by atoms with van der Waals surface area (Å²) in [6, 6.07) is 0. The number of carbonyl (C=O) groups excluding carboxylic acids is 3. The van der Waals surface area contributed by atoms with Crippen LogP contribution in [0.5, 0.6) is 0 Å². The molecule has 0 amide bonds. The van der Waals surface area contributed by atoms with Gasteiger partial charge in [-0.05, 0) is 6.42 Å². The fourth-order valence-corrected chi connectivity index (χ4v) is 0.925. The van der Waals surface area contributed by atoms with E-state index in [0.29, 0.717) is 6.29 Å². The van der Waals surface area contributed by atoms with E-state index in [4.69, 9.17) is 9.79 Å². The summed E-state index contributed by atoms with van der Waals surface area (Å²) in [6.07, 6.45) is 0.562. The van der Waals surface area contributed by atoms with Crippen LogP contribution in [0.4, 0.5) is 0 Å². The summed E-state index contributed by atoms with van der Waals surface area (Å²) in [6.45, 7) is 0. The van der Waals surface area contributed by atoms with Crippen molar-refractivity contribution in [3.05, 3.63) is 0 Å². The Balaban J connectivity index is 3.95. The lowest BCUT2D eigenvalue weighted by molar-refractivity contribution is -0.148. The summed E-state index contributed by atoms with van der Waals surface area (Å²) in [5.74, 6) is -2.64. The van der Waals surface area contributed by atoms with Crippen LogP contribution in [0.25, 0.3) is 0 Å². The smallest absolute Gasteiger partial charge is 0.365 e. The van der Waals surface area contributed by atoms with E-state index in [0.717, 1.165) is 0 Å². The molecule has 0 aromatic rings. The van der Waals surface area contributed by atoms with Crippen LogP contribution in [-0.2, 0) is 23.5 Å². The lowest BCUT2D eigenvalue weighted by Gasteiger charge is -2.03. The molecule has 0 aromatic heterocycles. The summed E-state index contributed by atoms with van der Waals surface area (Å²) in [4.78, 5) is 47.5. The quantitative estimate of drug-likeness (QED) is 0.271. The molecule has 0 unspecified atom stereocenters. The van der Waals surface area contributed by atoms with E-state index in [9.17, 15) is 18.9 Å². The van der Waals surface area contributed by atoms with E-state index in [2.05, 4.69) is 4.52 Å². The standard InChI is InChI=1S/C6H9O7P/c7-4-2-1-3-5(8)6(9)13-14(10,11)12/h4H,1-3H2,(H2,10,11,12). The molecule has 0 spiro atoms. The molecule has 8 heteroatoms. The molecule has 0 atom stereocenters. The van der Waals surface area contributed by atoms with Crippen molar-refractivity contribution in [1.29, 1.82) is 0 Å². The molecule has 0 aromatic carbocycles. The van der Waals surface area contributed by atoms with Crippen molar-refractivity contribution in [2.24, 2.45) is 0 Å². The van der Waals surface area contributed by atoms with E-state index in [1.165, 1.54) is 0 Å². The third kappa shape index (κ3) is 6.47. The lowest BCUT2D eigenvalue weighted by Crippen LogP contribution is -2.15. The molecule has 0 aliphatic heterocycles. The summed E-state index contributed by atoms with van der Waals surface area (Å²) in [5, 5.41) is 0. The van der Waals surface area contributed by atoms with Gasteiger partial charge in [-0.2, -0.15) is 0 Å². The van der Waals surface area contributed by atoms with Crippen molar-refractivity contribution >= 4 is 25.9 Å². The number of hydrogen-bond donors (Lipinski definition) is 2. The second-order valence-electron chi connectivity index (χ2n) is 2.35. The van der Waals surface area contributed by atoms with E-state index >= 15 is 0 Å². The Morgan fingerprint density at radius 3 is 2.36 bits per heavy atom. The average Bonchev–Trinajstić information content (AvgIpc) is 2.01. The zero-order chi connectivity index (χ0) is 11.2. The third-order valence-electron chi connectivity index (χ3n) is 1.16. The summed E-state index contributed by atoms with van der Waals surface area (Å²) >= 11 is 0. The lowest BCUT2D eigenvalue weighted by atomic mass is 10.2. The van der Waals surface area contributed by atoms with E-state index < -0.39 is 19.6 Å². The first-order valence-corrected chi connectivity index (χ1v) is 5.16. The SMILES string of the molecule is O=CCCCC(=O)C(=O)OP(=O)(O)O. The highest BCUT2D eigenvalue weighted by Crippen LogP contribution is 2.35. The van der Waals surface area contributed by atoms with Gasteiger partial charge in [-0.15, -0.1) is 0 Å². The molecule has 0 saturated carbocycles. The van der Waals surface area contributed by atoms with Crippen molar-refractivity contribution in [3.8, 4) is 0 Å². The minimum atomic E-state index is -4.95. The fraction of sp³-hybridized carbons (Fsp3) is 0.500. The molecule has 0 aliphatic carbocycles. The molecular formula is C6H9O7P. The minimum absolute atomic E-state index is 0.106. The summed E-state index contributed by atoms with van der Waals surface area (Å²) in [5.41, 5.74) is 0. The molecule has 0 bridgehead atoms. The van der Waals surface area contributed by atoms with Gasteiger partial charge in [0.1, 0.15) is 6.29 Å². The van der Waals surface area contributed by atoms with Gasteiger partial charge in [0, 0.05) is 12.8 Å². The first kappa shape index (κ1) is 13.0. The van der Waals surface area contributed by atoms with Gasteiger partial charge >= 0.3 is 13.8 Å². The van der Waals surface area contributed by atoms with Crippen molar-refractivity contribution in [2.75, 3.05) is 0 Å². The molecule has 0 rings (SSSR count). The zero-order valence-electron chi connectivity index (χ0n) is 7.08. The summed E-state index contributed by atoms with van der Waals surface area (Å²) < 4.78 is 13.6. The predicted octanol–water partition coefficient (Wildman–Crippen LogP) is -0.439. The van der Waals surface area contributed by atoms with Crippen LogP contribution in [0.2, 0.25) is 0 Å². The highest BCUT2D eigenvalue weighted by molar-refractivity contribution is 7.47. The van der Waals surface area contributed by atoms with Gasteiger partial charge in [0.05, 0.1) is 0 Å². The Labute approximate surface area is 79.3 Å². The second-order valence-corrected chi connectivity index (χ2v) is 3.52. The number of phosphoric acid groups is 1. The number of unbranched alkanes of at least 4 members (excludes halogenated alkanes) is 1. The largest absolute Gasteiger partial charge is 0.527 e. The van der Waals surface area contributed by atoms with Crippen LogP contribution in [0, 0.1) is 0 Å². The summed E-state index contributed by atoms with van der Waals surface area (Å²) in [7, 11) is -4.95. The first-order chi connectivity index (χ1) is 6.37. The number of phosphoric ester groups is 1. The number of carbonyl (C=O) groups is 3. The highest BCUT2D eigenvalue weighted by atomic mass is 31.2. The molecular weight excluding hydrogens is 215 g/mol. The highest BCUT2D eigenvalue weighted by Gasteiger charge is 2.25. The molecule has 0 fully saturated rings. The van der Waals surface area contributed by atoms with E-state index in [-0.39, 0.29) is 19.3 Å². The van der Waals surface area contributed by atoms with Gasteiger partial charge in [0.15, 0.2) is 0 Å². The van der Waals surface area contributed by atoms with Crippen LogP contribution < -0.4 is 0 Å². The minimum Gasteiger partial charge on any atom is -0.365 e. The monoisotopic (exact) mass is 224 g/mol. The van der Waals surface area contributed by atoms with Crippen LogP contribution in [-0.4, -0.2) is 27.8 Å². The maximum atomic E-state index is 10.8. The Morgan fingerprint density at radius 1 is 1.36 bits per heavy atom. The van der Waals surface area contributed by atoms with E-state index in [1.54, 1.807) is 0 Å². The van der Waals surface area contributed by atoms with Gasteiger partial charge in [0.25, 0.3) is 0 Å². The molecule has 14 heavy (non-hydrogen) atoms. The van der Waals surface area contributed by atoms with Gasteiger partial charge in [-0.3, -0.25) is 14.6 Å². The van der Waals surface area contributed by atoms with Crippen molar-refractivity contribution in [1.82, 2.24) is 0 Å². The Morgan fingerprint density at radius 2 is 1.93 bits per heavy atom. The van der Waals surface area contributed by atoms with Gasteiger partial charge in [-0.25, -0.2) is 9.36 Å². The number of ketones is 1. The number of Topliss-reactive ketones (excluding diaryl/α,β-unsaturated/α-hetero) is 1. The Bertz CT molecular complexity index is 278. The fourth-order valence-electron chi connectivity index (χ4n) is 0.607. The van der Waals surface area contributed by atoms with Crippen LogP contribution >= 0.6 is 7.82 Å². The first-order valence-electron chi connectivity index (χ1n) is 3.63. The van der Waals surface area contributed by atoms with E-state index in [1.807, 2.05) is 0 Å². The number of aldehydes is 1. The molecule has 0 radical (unpaired) electrons. The Kier molecular flexibility index (Phi) is 5.22. The van der Waals surface area contributed by atoms with Crippen molar-refractivity contribution in [2.45, 2.75) is 19.3 Å². The number of rotatable bonds is 6. The molecule has 2 N–H and O–H groups in total. The predicted molar refractivity (Wildman–Crippen MR) is 43.1 cm³/mol. The van der Waals surface area contributed by atoms with Crippen LogP contribution in [0.3, 0.4) is 0 Å². The zero-order valence-corrected chi connectivity index (χ0v) is 7.98. The third-order valence-corrected chi connectivity index (χ3v) is 1.56. The van der Waals surface area contributed by atoms with Crippen molar-refractivity contribution < 1.29 is 33.3 Å². The maximum Gasteiger partial charge on any atom is 0.527 e. The average molecular weight is 224 g/mol. The molecule has 0 saturated heterocycles. The number of hydrogen-bond acceptors (Lipinski definition) is 5. The van der Waals surface area contributed by atoms with Gasteiger partial charge in [-0.1, -0.05) is 0 Å².